The molecule has 0 aliphatic heterocycles. The van der Waals surface area contributed by atoms with E-state index >= 15 is 0 Å². The van der Waals surface area contributed by atoms with Gasteiger partial charge in [0.05, 0.1) is 5.56 Å². The third kappa shape index (κ3) is 5.74. The van der Waals surface area contributed by atoms with E-state index in [0.717, 1.165) is 16.9 Å². The molecule has 0 unspecified atom stereocenters. The lowest BCUT2D eigenvalue weighted by Gasteiger charge is -2.17. The number of rotatable bonds is 8. The summed E-state index contributed by atoms with van der Waals surface area (Å²) in [6.07, 6.45) is -1.02. The van der Waals surface area contributed by atoms with E-state index in [1.54, 1.807) is 48.5 Å². The number of aryl methyl sites for hydroxylation is 1. The van der Waals surface area contributed by atoms with E-state index in [0.29, 0.717) is 23.3 Å². The van der Waals surface area contributed by atoms with E-state index in [4.69, 9.17) is 9.47 Å². The Labute approximate surface area is 193 Å². The fourth-order valence-corrected chi connectivity index (χ4v) is 3.44. The molecule has 4 aromatic carbocycles. The number of esters is 1. The zero-order chi connectivity index (χ0) is 23.0. The first-order chi connectivity index (χ1) is 16.1. The zero-order valence-corrected chi connectivity index (χ0v) is 18.3. The monoisotopic (exact) mass is 436 g/mol. The van der Waals surface area contributed by atoms with Crippen molar-refractivity contribution < 1.29 is 19.1 Å². The van der Waals surface area contributed by atoms with Crippen molar-refractivity contribution in [3.8, 4) is 5.75 Å². The molecule has 0 saturated carbocycles. The molecule has 0 aliphatic carbocycles. The lowest BCUT2D eigenvalue weighted by Crippen LogP contribution is -2.20. The second kappa shape index (κ2) is 10.4. The van der Waals surface area contributed by atoms with Crippen LogP contribution in [0.5, 0.6) is 5.75 Å². The summed E-state index contributed by atoms with van der Waals surface area (Å²) < 4.78 is 11.5. The Morgan fingerprint density at radius 1 is 0.727 bits per heavy atom. The van der Waals surface area contributed by atoms with Crippen LogP contribution in [0.3, 0.4) is 0 Å². The number of benzene rings is 4. The molecule has 0 fully saturated rings. The topological polar surface area (TPSA) is 52.6 Å². The quantitative estimate of drug-likeness (QED) is 0.238. The third-order valence-electron chi connectivity index (χ3n) is 5.21. The number of hydrogen-bond acceptors (Lipinski definition) is 4. The maximum atomic E-state index is 13.1. The highest BCUT2D eigenvalue weighted by molar-refractivity contribution is 6.02. The van der Waals surface area contributed by atoms with Crippen LogP contribution >= 0.6 is 0 Å². The van der Waals surface area contributed by atoms with Crippen LogP contribution < -0.4 is 4.74 Å². The SMILES string of the molecule is Cc1cccc(OCc2ccc(C(=O)O[C@H](C(=O)c3ccccc3)c3ccccc3)cc2)c1. The second-order valence-corrected chi connectivity index (χ2v) is 7.73. The standard InChI is InChI=1S/C29H24O4/c1-21-9-8-14-26(19-21)32-20-22-15-17-25(18-16-22)29(31)33-28(24-12-6-3-7-13-24)27(30)23-10-4-2-5-11-23/h2-19,28H,20H2,1H3/t28-/m0/s1. The number of hydrogen-bond donors (Lipinski definition) is 0. The number of ketones is 1. The van der Waals surface area contributed by atoms with Crippen LogP contribution in [0.2, 0.25) is 0 Å². The van der Waals surface area contributed by atoms with Crippen LogP contribution in [0.15, 0.2) is 109 Å². The molecule has 0 saturated heterocycles. The number of ether oxygens (including phenoxy) is 2. The van der Waals surface area contributed by atoms with Crippen LogP contribution in [0.4, 0.5) is 0 Å². The van der Waals surface area contributed by atoms with Gasteiger partial charge >= 0.3 is 5.97 Å². The van der Waals surface area contributed by atoms with Crippen LogP contribution in [0.25, 0.3) is 0 Å². The Bertz CT molecular complexity index is 1220. The van der Waals surface area contributed by atoms with Gasteiger partial charge in [-0.3, -0.25) is 4.79 Å². The molecule has 4 aromatic rings. The summed E-state index contributed by atoms with van der Waals surface area (Å²) in [6, 6.07) is 32.8. The summed E-state index contributed by atoms with van der Waals surface area (Å²) in [5.74, 6) is -0.0266. The van der Waals surface area contributed by atoms with Gasteiger partial charge in [-0.25, -0.2) is 4.79 Å². The first kappa shape index (κ1) is 22.0. The highest BCUT2D eigenvalue weighted by atomic mass is 16.5. The maximum absolute atomic E-state index is 13.1. The van der Waals surface area contributed by atoms with E-state index < -0.39 is 12.1 Å². The molecule has 33 heavy (non-hydrogen) atoms. The summed E-state index contributed by atoms with van der Waals surface area (Å²) in [5, 5.41) is 0. The number of carbonyl (C=O) groups is 2. The van der Waals surface area contributed by atoms with Crippen molar-refractivity contribution in [3.05, 3.63) is 137 Å². The predicted molar refractivity (Wildman–Crippen MR) is 127 cm³/mol. The van der Waals surface area contributed by atoms with Gasteiger partial charge in [0.25, 0.3) is 0 Å². The van der Waals surface area contributed by atoms with E-state index in [-0.39, 0.29) is 5.78 Å². The molecule has 0 aromatic heterocycles. The normalized spacial score (nSPS) is 11.4. The van der Waals surface area contributed by atoms with Gasteiger partial charge in [0.1, 0.15) is 12.4 Å². The maximum Gasteiger partial charge on any atom is 0.339 e. The fraction of sp³-hybridized carbons (Fsp3) is 0.103. The highest BCUT2D eigenvalue weighted by Crippen LogP contribution is 2.24. The van der Waals surface area contributed by atoms with E-state index in [2.05, 4.69) is 0 Å². The molecule has 4 nitrogen and oxygen atoms in total. The van der Waals surface area contributed by atoms with Crippen LogP contribution in [-0.2, 0) is 11.3 Å². The fourth-order valence-electron chi connectivity index (χ4n) is 3.44. The molecule has 1 atom stereocenters. The number of carbonyl (C=O) groups excluding carboxylic acids is 2. The van der Waals surface area contributed by atoms with Gasteiger partial charge in [-0.2, -0.15) is 0 Å². The summed E-state index contributed by atoms with van der Waals surface area (Å²) in [6.45, 7) is 2.40. The largest absolute Gasteiger partial charge is 0.489 e. The van der Waals surface area contributed by atoms with Crippen LogP contribution in [-0.4, -0.2) is 11.8 Å². The predicted octanol–water partition coefficient (Wildman–Crippen LogP) is 6.36. The molecule has 0 radical (unpaired) electrons. The van der Waals surface area contributed by atoms with Crippen molar-refractivity contribution in [1.29, 1.82) is 0 Å². The molecule has 0 amide bonds. The highest BCUT2D eigenvalue weighted by Gasteiger charge is 2.26. The minimum absolute atomic E-state index is 0.265. The first-order valence-electron chi connectivity index (χ1n) is 10.7. The zero-order valence-electron chi connectivity index (χ0n) is 18.3. The van der Waals surface area contributed by atoms with E-state index in [9.17, 15) is 9.59 Å². The lowest BCUT2D eigenvalue weighted by molar-refractivity contribution is 0.0280. The van der Waals surface area contributed by atoms with Crippen molar-refractivity contribution in [2.75, 3.05) is 0 Å². The van der Waals surface area contributed by atoms with Crippen molar-refractivity contribution in [1.82, 2.24) is 0 Å². The van der Waals surface area contributed by atoms with E-state index in [1.165, 1.54) is 0 Å². The Morgan fingerprint density at radius 2 is 1.39 bits per heavy atom. The van der Waals surface area contributed by atoms with Gasteiger partial charge in [0.2, 0.25) is 5.78 Å². The average molecular weight is 437 g/mol. The van der Waals surface area contributed by atoms with Crippen molar-refractivity contribution in [2.45, 2.75) is 19.6 Å². The van der Waals surface area contributed by atoms with Gasteiger partial charge in [-0.15, -0.1) is 0 Å². The van der Waals surface area contributed by atoms with Gasteiger partial charge in [-0.1, -0.05) is 84.9 Å². The average Bonchev–Trinajstić information content (AvgIpc) is 2.87. The minimum Gasteiger partial charge on any atom is -0.489 e. The Kier molecular flexibility index (Phi) is 6.96. The summed E-state index contributed by atoms with van der Waals surface area (Å²) >= 11 is 0. The van der Waals surface area contributed by atoms with Crippen LogP contribution in [0.1, 0.15) is 43.5 Å². The Morgan fingerprint density at radius 3 is 2.06 bits per heavy atom. The summed E-state index contributed by atoms with van der Waals surface area (Å²) in [4.78, 5) is 26.0. The smallest absolute Gasteiger partial charge is 0.339 e. The third-order valence-corrected chi connectivity index (χ3v) is 5.21. The summed E-state index contributed by atoms with van der Waals surface area (Å²) in [5.41, 5.74) is 3.54. The van der Waals surface area contributed by atoms with Gasteiger partial charge < -0.3 is 9.47 Å². The molecule has 0 bridgehead atoms. The Balaban J connectivity index is 1.47. The van der Waals surface area contributed by atoms with Crippen molar-refractivity contribution in [2.24, 2.45) is 0 Å². The molecular weight excluding hydrogens is 412 g/mol. The Hall–Kier alpha value is -4.18. The second-order valence-electron chi connectivity index (χ2n) is 7.73. The first-order valence-corrected chi connectivity index (χ1v) is 10.7. The summed E-state index contributed by atoms with van der Waals surface area (Å²) in [7, 11) is 0. The van der Waals surface area contributed by atoms with Gasteiger partial charge in [0.15, 0.2) is 6.10 Å². The van der Waals surface area contributed by atoms with Gasteiger partial charge in [0, 0.05) is 11.1 Å². The molecule has 4 heteroatoms. The number of Topliss-reactive ketones (excluding diaryl/α,β-unsaturated/α-hetero) is 1. The minimum atomic E-state index is -1.02. The molecule has 4 rings (SSSR count). The molecule has 0 N–H and O–H groups in total. The molecule has 164 valence electrons. The van der Waals surface area contributed by atoms with Crippen molar-refractivity contribution >= 4 is 11.8 Å². The van der Waals surface area contributed by atoms with E-state index in [1.807, 2.05) is 67.6 Å². The molecule has 0 spiro atoms. The lowest BCUT2D eigenvalue weighted by atomic mass is 9.99. The molecule has 0 heterocycles. The van der Waals surface area contributed by atoms with Crippen molar-refractivity contribution in [3.63, 3.8) is 0 Å². The molecular formula is C29H24O4. The van der Waals surface area contributed by atoms with Gasteiger partial charge in [-0.05, 0) is 42.3 Å². The molecule has 0 aliphatic rings. The van der Waals surface area contributed by atoms with Crippen LogP contribution in [0, 0.1) is 6.92 Å².